The third-order valence-electron chi connectivity index (χ3n) is 9.36. The Morgan fingerprint density at radius 2 is 1.86 bits per heavy atom. The van der Waals surface area contributed by atoms with Crippen LogP contribution in [0.25, 0.3) is 11.1 Å². The van der Waals surface area contributed by atoms with Crippen molar-refractivity contribution in [2.24, 2.45) is 0 Å². The van der Waals surface area contributed by atoms with Crippen LogP contribution in [0.4, 0.5) is 16.2 Å². The summed E-state index contributed by atoms with van der Waals surface area (Å²) in [6.45, 7) is 1.87. The van der Waals surface area contributed by atoms with Crippen LogP contribution in [0, 0.1) is 6.92 Å². The smallest absolute Gasteiger partial charge is 0.411 e. The van der Waals surface area contributed by atoms with Crippen LogP contribution in [0.2, 0.25) is 0 Å². The number of alkyl halides is 1. The minimum absolute atomic E-state index is 0.0795. The van der Waals surface area contributed by atoms with Crippen LogP contribution < -0.4 is 10.6 Å². The van der Waals surface area contributed by atoms with E-state index in [1.165, 1.54) is 0 Å². The van der Waals surface area contributed by atoms with Gasteiger partial charge in [0.15, 0.2) is 9.65 Å². The van der Waals surface area contributed by atoms with Crippen LogP contribution in [-0.2, 0) is 20.7 Å². The molecule has 0 spiro atoms. The van der Waals surface area contributed by atoms with E-state index in [4.69, 9.17) is 9.47 Å². The van der Waals surface area contributed by atoms with Crippen molar-refractivity contribution < 1.29 is 28.3 Å². The number of aldehydes is 1. The summed E-state index contributed by atoms with van der Waals surface area (Å²) >= 11 is 2.53. The number of hydrogen-bond acceptors (Lipinski definition) is 5. The van der Waals surface area contributed by atoms with Crippen molar-refractivity contribution in [1.82, 2.24) is 0 Å². The first kappa shape index (κ1) is 29.8. The number of amides is 2. The van der Waals surface area contributed by atoms with Crippen molar-refractivity contribution >= 4 is 52.3 Å². The molecular formula is C34H37IN3O5+. The third kappa shape index (κ3) is 5.82. The Balaban J connectivity index is 1.10. The van der Waals surface area contributed by atoms with E-state index in [-0.39, 0.29) is 27.8 Å². The Morgan fingerprint density at radius 3 is 2.58 bits per heavy atom. The molecule has 3 saturated heterocycles. The molecule has 224 valence electrons. The lowest BCUT2D eigenvalue weighted by molar-refractivity contribution is -0.943. The topological polar surface area (TPSA) is 97.0 Å². The lowest BCUT2D eigenvalue weighted by Gasteiger charge is -2.50. The molecule has 9 heteroatoms. The quantitative estimate of drug-likeness (QED) is 0.0666. The summed E-state index contributed by atoms with van der Waals surface area (Å²) in [5.41, 5.74) is 5.75. The maximum Gasteiger partial charge on any atom is 0.411 e. The van der Waals surface area contributed by atoms with Gasteiger partial charge < -0.3 is 19.3 Å². The van der Waals surface area contributed by atoms with Crippen LogP contribution in [0.15, 0.2) is 66.7 Å². The molecule has 43 heavy (non-hydrogen) atoms. The zero-order chi connectivity index (χ0) is 30.4. The molecule has 3 aromatic carbocycles. The Hall–Kier alpha value is -3.28. The van der Waals surface area contributed by atoms with Crippen molar-refractivity contribution in [3.8, 4) is 11.1 Å². The molecule has 5 atom stereocenters. The van der Waals surface area contributed by atoms with E-state index in [9.17, 15) is 14.4 Å². The molecular weight excluding hydrogens is 657 g/mol. The van der Waals surface area contributed by atoms with Crippen molar-refractivity contribution in [1.29, 1.82) is 0 Å². The van der Waals surface area contributed by atoms with E-state index in [1.807, 2.05) is 55.5 Å². The highest BCUT2D eigenvalue weighted by molar-refractivity contribution is 14.1. The van der Waals surface area contributed by atoms with Gasteiger partial charge >= 0.3 is 6.09 Å². The number of hydrogen-bond donors (Lipinski definition) is 2. The fourth-order valence-electron chi connectivity index (χ4n) is 6.83. The van der Waals surface area contributed by atoms with Gasteiger partial charge in [0.25, 0.3) is 0 Å². The monoisotopic (exact) mass is 694 g/mol. The molecule has 0 aliphatic carbocycles. The molecule has 3 fully saturated rings. The molecule has 6 rings (SSSR count). The molecule has 0 unspecified atom stereocenters. The number of piperidine rings is 1. The predicted molar refractivity (Wildman–Crippen MR) is 174 cm³/mol. The summed E-state index contributed by atoms with van der Waals surface area (Å²) < 4.78 is 12.8. The molecule has 3 aliphatic rings. The van der Waals surface area contributed by atoms with Gasteiger partial charge in [0.1, 0.15) is 24.5 Å². The number of carbonyl (C=O) groups is 3. The zero-order valence-electron chi connectivity index (χ0n) is 24.6. The first-order valence-corrected chi connectivity index (χ1v) is 15.9. The number of halogens is 1. The normalized spacial score (nSPS) is 26.2. The SMILES string of the molecule is Cc1cc(C=O)ccc1NC(=O)CCCc1ccc(-c2ccccc2)c(NC(=O)O[C@H]2C[C@H]3[C@@H]4O[C@H]4[C@](I)(C2)[N+]3(C)C)c1. The van der Waals surface area contributed by atoms with Gasteiger partial charge in [-0.05, 0) is 83.3 Å². The number of carbonyl (C=O) groups excluding carboxylic acids is 3. The van der Waals surface area contributed by atoms with Crippen LogP contribution in [0.3, 0.4) is 0 Å². The van der Waals surface area contributed by atoms with Gasteiger partial charge in [-0.3, -0.25) is 14.9 Å². The second-order valence-electron chi connectivity index (χ2n) is 12.4. The summed E-state index contributed by atoms with van der Waals surface area (Å²) in [5.74, 6) is -0.0795. The van der Waals surface area contributed by atoms with Gasteiger partial charge in [0.05, 0.1) is 26.2 Å². The minimum atomic E-state index is -0.448. The first-order valence-electron chi connectivity index (χ1n) is 14.8. The molecule has 0 saturated carbocycles. The summed E-state index contributed by atoms with van der Waals surface area (Å²) in [5, 5.41) is 5.99. The van der Waals surface area contributed by atoms with E-state index in [1.54, 1.807) is 18.2 Å². The van der Waals surface area contributed by atoms with Crippen molar-refractivity contribution in [2.45, 2.75) is 66.9 Å². The number of rotatable bonds is 9. The number of aryl methyl sites for hydroxylation is 2. The molecule has 8 nitrogen and oxygen atoms in total. The highest BCUT2D eigenvalue weighted by Gasteiger charge is 2.78. The van der Waals surface area contributed by atoms with Gasteiger partial charge in [-0.15, -0.1) is 0 Å². The highest BCUT2D eigenvalue weighted by atomic mass is 127. The largest absolute Gasteiger partial charge is 0.445 e. The number of epoxide rings is 1. The van der Waals surface area contributed by atoms with Gasteiger partial charge in [0.2, 0.25) is 5.91 Å². The lowest BCUT2D eigenvalue weighted by atomic mass is 9.96. The fourth-order valence-corrected chi connectivity index (χ4v) is 8.18. The molecule has 0 aromatic heterocycles. The maximum absolute atomic E-state index is 13.3. The summed E-state index contributed by atoms with van der Waals surface area (Å²) in [7, 11) is 4.52. The van der Waals surface area contributed by atoms with Gasteiger partial charge in [0, 0.05) is 29.7 Å². The van der Waals surface area contributed by atoms with Crippen molar-refractivity contribution in [3.63, 3.8) is 0 Å². The number of morpholine rings is 1. The Morgan fingerprint density at radius 1 is 1.07 bits per heavy atom. The van der Waals surface area contributed by atoms with Crippen molar-refractivity contribution in [2.75, 3.05) is 24.7 Å². The van der Waals surface area contributed by atoms with Crippen LogP contribution >= 0.6 is 22.6 Å². The number of nitrogens with zero attached hydrogens (tertiary/aromatic N) is 1. The number of nitrogens with one attached hydrogen (secondary N) is 2. The molecule has 3 aromatic rings. The van der Waals surface area contributed by atoms with E-state index < -0.39 is 6.09 Å². The molecule has 0 radical (unpaired) electrons. The number of anilines is 2. The number of likely N-dealkylation sites (N-methyl/N-ethyl adjacent to an activating group) is 1. The number of quaternary nitrogens is 1. The number of benzene rings is 3. The fraction of sp³-hybridized carbons (Fsp3) is 0.382. The summed E-state index contributed by atoms with van der Waals surface area (Å²) in [6.07, 6.45) is 3.90. The Bertz CT molecular complexity index is 1560. The second kappa shape index (κ2) is 11.7. The molecule has 3 aliphatic heterocycles. The third-order valence-corrected chi connectivity index (χ3v) is 11.7. The Labute approximate surface area is 265 Å². The van der Waals surface area contributed by atoms with Gasteiger partial charge in [-0.2, -0.15) is 0 Å². The van der Waals surface area contributed by atoms with Crippen LogP contribution in [0.5, 0.6) is 0 Å². The number of ether oxygens (including phenoxy) is 2. The summed E-state index contributed by atoms with van der Waals surface area (Å²) in [4.78, 5) is 36.9. The zero-order valence-corrected chi connectivity index (χ0v) is 26.8. The second-order valence-corrected chi connectivity index (χ2v) is 14.2. The Kier molecular flexibility index (Phi) is 8.08. The minimum Gasteiger partial charge on any atom is -0.445 e. The standard InChI is InChI=1S/C34H36IN3O5/c1-21-16-23(20-39)13-15-27(21)36-30(40)11-7-8-22-12-14-26(24-9-5-4-6-10-24)28(17-22)37-33(41)42-25-18-29-31-32(43-31)34(35,19-25)38(29,2)3/h4-6,9-10,12-17,20,25,29,31-32H,7-8,11,18-19H2,1-3H3,(H-,36,37,39,40,41)/p+1/t25-,29-,31-,32+,34-/m0/s1. The van der Waals surface area contributed by atoms with E-state index in [2.05, 4.69) is 47.3 Å². The van der Waals surface area contributed by atoms with Crippen molar-refractivity contribution in [3.05, 3.63) is 83.4 Å². The molecule has 3 heterocycles. The average molecular weight is 695 g/mol. The van der Waals surface area contributed by atoms with Crippen LogP contribution in [0.1, 0.15) is 47.2 Å². The molecule has 2 amide bonds. The predicted octanol–water partition coefficient (Wildman–Crippen LogP) is 6.50. The van der Waals surface area contributed by atoms with Gasteiger partial charge in [-0.1, -0.05) is 42.5 Å². The van der Waals surface area contributed by atoms with E-state index >= 15 is 0 Å². The average Bonchev–Trinajstić information content (AvgIpc) is 3.76. The number of fused-ring (bicyclic) bond motifs is 5. The lowest BCUT2D eigenvalue weighted by Crippen LogP contribution is -2.65. The maximum atomic E-state index is 13.3. The summed E-state index contributed by atoms with van der Waals surface area (Å²) in [6, 6.07) is 21.5. The highest BCUT2D eigenvalue weighted by Crippen LogP contribution is 2.61. The van der Waals surface area contributed by atoms with E-state index in [0.29, 0.717) is 42.2 Å². The molecule has 2 bridgehead atoms. The molecule has 2 N–H and O–H groups in total. The first-order chi connectivity index (χ1) is 20.6. The van der Waals surface area contributed by atoms with Gasteiger partial charge in [-0.25, -0.2) is 4.79 Å². The van der Waals surface area contributed by atoms with Crippen LogP contribution in [-0.4, -0.2) is 64.8 Å². The van der Waals surface area contributed by atoms with E-state index in [0.717, 1.165) is 45.9 Å².